The van der Waals surface area contributed by atoms with Crippen LogP contribution in [0.4, 0.5) is 0 Å². The van der Waals surface area contributed by atoms with Crippen LogP contribution in [-0.2, 0) is 16.0 Å². The van der Waals surface area contributed by atoms with Gasteiger partial charge in [0.25, 0.3) is 0 Å². The Hall–Kier alpha value is -1.07. The smallest absolute Gasteiger partial charge is 0.306 e. The molecule has 1 aliphatic carbocycles. The molecule has 22 heavy (non-hydrogen) atoms. The maximum absolute atomic E-state index is 12.1. The summed E-state index contributed by atoms with van der Waals surface area (Å²) in [7, 11) is 0. The van der Waals surface area contributed by atoms with E-state index in [0.717, 1.165) is 10.0 Å². The van der Waals surface area contributed by atoms with Crippen molar-refractivity contribution in [3.05, 3.63) is 33.3 Å². The molecule has 120 valence electrons. The lowest BCUT2D eigenvalue weighted by Gasteiger charge is -2.25. The van der Waals surface area contributed by atoms with Crippen LogP contribution in [0.3, 0.4) is 0 Å². The van der Waals surface area contributed by atoms with Crippen LogP contribution in [0.15, 0.2) is 22.7 Å². The highest BCUT2D eigenvalue weighted by Gasteiger charge is 2.29. The number of rotatable bonds is 5. The van der Waals surface area contributed by atoms with Crippen molar-refractivity contribution in [1.29, 1.82) is 0 Å². The molecule has 0 aliphatic heterocycles. The van der Waals surface area contributed by atoms with Crippen LogP contribution < -0.4 is 5.32 Å². The van der Waals surface area contributed by atoms with Crippen LogP contribution >= 0.6 is 27.5 Å². The minimum absolute atomic E-state index is 0.0296. The van der Waals surface area contributed by atoms with Gasteiger partial charge in [0.15, 0.2) is 0 Å². The van der Waals surface area contributed by atoms with E-state index in [0.29, 0.717) is 43.7 Å². The summed E-state index contributed by atoms with van der Waals surface area (Å²) in [6, 6.07) is 5.59. The van der Waals surface area contributed by atoms with Crippen LogP contribution in [0.2, 0.25) is 5.02 Å². The zero-order chi connectivity index (χ0) is 16.1. The quantitative estimate of drug-likeness (QED) is 0.809. The number of carbonyl (C=O) groups excluding carboxylic acids is 1. The average Bonchev–Trinajstić information content (AvgIpc) is 2.50. The predicted octanol–water partition coefficient (Wildman–Crippen LogP) is 3.65. The number of nitrogens with one attached hydrogen (secondary N) is 1. The maximum Gasteiger partial charge on any atom is 0.306 e. The molecule has 1 aliphatic rings. The number of carboxylic acid groups (broad SMARTS) is 1. The lowest BCUT2D eigenvalue weighted by atomic mass is 9.81. The highest BCUT2D eigenvalue weighted by Crippen LogP contribution is 2.29. The highest BCUT2D eigenvalue weighted by molar-refractivity contribution is 9.10. The second kappa shape index (κ2) is 7.97. The Morgan fingerprint density at radius 3 is 2.50 bits per heavy atom. The molecule has 4 nitrogen and oxygen atoms in total. The molecule has 6 heteroatoms. The van der Waals surface area contributed by atoms with Gasteiger partial charge in [-0.05, 0) is 55.9 Å². The number of carbonyl (C=O) groups is 2. The standard InChI is InChI=1S/C16H19BrClNO3/c17-14-6-5-13(18)9-12(14)7-8-19-15(20)10-1-3-11(4-2-10)16(21)22/h5-6,9-11H,1-4,7-8H2,(H,19,20)(H,21,22). The zero-order valence-corrected chi connectivity index (χ0v) is 14.5. The minimum atomic E-state index is -0.746. The molecule has 1 aromatic rings. The number of hydrogen-bond donors (Lipinski definition) is 2. The molecule has 2 rings (SSSR count). The van der Waals surface area contributed by atoms with Crippen molar-refractivity contribution in [2.75, 3.05) is 6.54 Å². The second-order valence-electron chi connectivity index (χ2n) is 5.66. The average molecular weight is 389 g/mol. The monoisotopic (exact) mass is 387 g/mol. The van der Waals surface area contributed by atoms with Crippen LogP contribution in [-0.4, -0.2) is 23.5 Å². The highest BCUT2D eigenvalue weighted by atomic mass is 79.9. The fourth-order valence-corrected chi connectivity index (χ4v) is 3.44. The van der Waals surface area contributed by atoms with Crippen molar-refractivity contribution in [2.45, 2.75) is 32.1 Å². The Balaban J connectivity index is 1.76. The number of hydrogen-bond acceptors (Lipinski definition) is 2. The minimum Gasteiger partial charge on any atom is -0.481 e. The van der Waals surface area contributed by atoms with E-state index >= 15 is 0 Å². The largest absolute Gasteiger partial charge is 0.481 e. The van der Waals surface area contributed by atoms with Crippen LogP contribution in [0.1, 0.15) is 31.2 Å². The van der Waals surface area contributed by atoms with Gasteiger partial charge in [-0.2, -0.15) is 0 Å². The Bertz CT molecular complexity index is 556. The predicted molar refractivity (Wildman–Crippen MR) is 88.9 cm³/mol. The fourth-order valence-electron chi connectivity index (χ4n) is 2.80. The first-order valence-electron chi connectivity index (χ1n) is 7.42. The third-order valence-corrected chi connectivity index (χ3v) is 5.16. The molecule has 0 atom stereocenters. The van der Waals surface area contributed by atoms with E-state index in [9.17, 15) is 9.59 Å². The summed E-state index contributed by atoms with van der Waals surface area (Å²) in [6.45, 7) is 0.552. The van der Waals surface area contributed by atoms with Gasteiger partial charge in [0, 0.05) is 22.0 Å². The molecule has 2 N–H and O–H groups in total. The van der Waals surface area contributed by atoms with Crippen molar-refractivity contribution < 1.29 is 14.7 Å². The van der Waals surface area contributed by atoms with E-state index < -0.39 is 5.97 Å². The number of carboxylic acids is 1. The molecule has 0 bridgehead atoms. The van der Waals surface area contributed by atoms with E-state index in [2.05, 4.69) is 21.2 Å². The van der Waals surface area contributed by atoms with Crippen molar-refractivity contribution in [1.82, 2.24) is 5.32 Å². The molecular formula is C16H19BrClNO3. The Kier molecular flexibility index (Phi) is 6.26. The summed E-state index contributed by atoms with van der Waals surface area (Å²) < 4.78 is 0.980. The molecule has 0 saturated heterocycles. The summed E-state index contributed by atoms with van der Waals surface area (Å²) in [6.07, 6.45) is 3.20. The summed E-state index contributed by atoms with van der Waals surface area (Å²) >= 11 is 9.43. The van der Waals surface area contributed by atoms with Gasteiger partial charge in [0.2, 0.25) is 5.91 Å². The number of aliphatic carboxylic acids is 1. The van der Waals surface area contributed by atoms with E-state index in [1.165, 1.54) is 0 Å². The van der Waals surface area contributed by atoms with Gasteiger partial charge in [-0.1, -0.05) is 27.5 Å². The van der Waals surface area contributed by atoms with Crippen molar-refractivity contribution in [3.63, 3.8) is 0 Å². The lowest BCUT2D eigenvalue weighted by Crippen LogP contribution is -2.35. The van der Waals surface area contributed by atoms with E-state index in [4.69, 9.17) is 16.7 Å². The van der Waals surface area contributed by atoms with Crippen molar-refractivity contribution in [2.24, 2.45) is 11.8 Å². The van der Waals surface area contributed by atoms with Gasteiger partial charge in [-0.3, -0.25) is 9.59 Å². The SMILES string of the molecule is O=C(O)C1CCC(C(=O)NCCc2cc(Cl)ccc2Br)CC1. The molecule has 0 unspecified atom stereocenters. The number of benzene rings is 1. The number of amides is 1. The van der Waals surface area contributed by atoms with Crippen LogP contribution in [0.25, 0.3) is 0 Å². The molecule has 0 aromatic heterocycles. The van der Waals surface area contributed by atoms with Gasteiger partial charge in [-0.15, -0.1) is 0 Å². The van der Waals surface area contributed by atoms with Crippen LogP contribution in [0, 0.1) is 11.8 Å². The molecule has 1 fully saturated rings. The first kappa shape index (κ1) is 17.3. The molecule has 0 heterocycles. The summed E-state index contributed by atoms with van der Waals surface area (Å²) in [5, 5.41) is 12.6. The summed E-state index contributed by atoms with van der Waals surface area (Å²) in [5.41, 5.74) is 1.06. The molecule has 0 spiro atoms. The second-order valence-corrected chi connectivity index (χ2v) is 6.95. The normalized spacial score (nSPS) is 21.4. The summed E-state index contributed by atoms with van der Waals surface area (Å²) in [5.74, 6) is -1.06. The topological polar surface area (TPSA) is 66.4 Å². The van der Waals surface area contributed by atoms with Gasteiger partial charge in [0.05, 0.1) is 5.92 Å². The fraction of sp³-hybridized carbons (Fsp3) is 0.500. The van der Waals surface area contributed by atoms with E-state index in [-0.39, 0.29) is 17.7 Å². The van der Waals surface area contributed by atoms with E-state index in [1.807, 2.05) is 18.2 Å². The Morgan fingerprint density at radius 2 is 1.86 bits per heavy atom. The summed E-state index contributed by atoms with van der Waals surface area (Å²) in [4.78, 5) is 23.0. The zero-order valence-electron chi connectivity index (χ0n) is 12.1. The maximum atomic E-state index is 12.1. The molecule has 0 radical (unpaired) electrons. The van der Waals surface area contributed by atoms with Gasteiger partial charge in [0.1, 0.15) is 0 Å². The Morgan fingerprint density at radius 1 is 1.23 bits per heavy atom. The van der Waals surface area contributed by atoms with Gasteiger partial charge in [-0.25, -0.2) is 0 Å². The van der Waals surface area contributed by atoms with Crippen molar-refractivity contribution >= 4 is 39.4 Å². The lowest BCUT2D eigenvalue weighted by molar-refractivity contribution is -0.144. The molecule has 1 saturated carbocycles. The molecule has 1 amide bonds. The first-order valence-corrected chi connectivity index (χ1v) is 8.59. The Labute approximate surface area is 143 Å². The third kappa shape index (κ3) is 4.71. The van der Waals surface area contributed by atoms with E-state index in [1.54, 1.807) is 0 Å². The van der Waals surface area contributed by atoms with Crippen molar-refractivity contribution in [3.8, 4) is 0 Å². The third-order valence-electron chi connectivity index (χ3n) is 4.15. The molecular weight excluding hydrogens is 370 g/mol. The first-order chi connectivity index (χ1) is 10.5. The molecule has 1 aromatic carbocycles. The van der Waals surface area contributed by atoms with Crippen LogP contribution in [0.5, 0.6) is 0 Å². The number of halogens is 2. The van der Waals surface area contributed by atoms with Gasteiger partial charge < -0.3 is 10.4 Å². The van der Waals surface area contributed by atoms with Gasteiger partial charge >= 0.3 is 5.97 Å².